The number of fused-ring (bicyclic) bond motifs is 3. The van der Waals surface area contributed by atoms with E-state index in [4.69, 9.17) is 24.9 Å². The molecule has 0 N–H and O–H groups in total. The molecule has 10 aromatic rings. The van der Waals surface area contributed by atoms with Crippen molar-refractivity contribution in [3.05, 3.63) is 188 Å². The van der Waals surface area contributed by atoms with Crippen molar-refractivity contribution in [2.45, 2.75) is 0 Å². The highest BCUT2D eigenvalue weighted by Gasteiger charge is 2.17. The van der Waals surface area contributed by atoms with Gasteiger partial charge in [-0.15, -0.1) is 11.3 Å². The minimum absolute atomic E-state index is 0.620. The summed E-state index contributed by atoms with van der Waals surface area (Å²) >= 11 is 1.79. The van der Waals surface area contributed by atoms with Gasteiger partial charge >= 0.3 is 0 Å². The molecule has 0 amide bonds. The van der Waals surface area contributed by atoms with Crippen LogP contribution in [0.4, 0.5) is 0 Å². The van der Waals surface area contributed by atoms with Crippen LogP contribution in [0.25, 0.3) is 99.4 Å². The van der Waals surface area contributed by atoms with Gasteiger partial charge in [0.25, 0.3) is 0 Å². The predicted octanol–water partition coefficient (Wildman–Crippen LogP) is 12.7. The predicted molar refractivity (Wildman–Crippen MR) is 226 cm³/mol. The molecule has 0 aliphatic heterocycles. The van der Waals surface area contributed by atoms with E-state index in [1.807, 2.05) is 66.7 Å². The third kappa shape index (κ3) is 6.35. The summed E-state index contributed by atoms with van der Waals surface area (Å²) in [5, 5.41) is 2.48. The zero-order valence-electron chi connectivity index (χ0n) is 29.5. The van der Waals surface area contributed by atoms with Crippen molar-refractivity contribution in [3.8, 4) is 79.2 Å². The van der Waals surface area contributed by atoms with Gasteiger partial charge in [0.05, 0.1) is 11.4 Å². The molecule has 0 saturated carbocycles. The summed E-state index contributed by atoms with van der Waals surface area (Å²) in [7, 11) is 0. The summed E-state index contributed by atoms with van der Waals surface area (Å²) < 4.78 is 2.44. The molecule has 0 fully saturated rings. The van der Waals surface area contributed by atoms with Crippen molar-refractivity contribution in [2.75, 3.05) is 0 Å². The number of hydrogen-bond donors (Lipinski definition) is 0. The molecule has 6 heteroatoms. The van der Waals surface area contributed by atoms with Gasteiger partial charge in [-0.2, -0.15) is 0 Å². The van der Waals surface area contributed by atoms with Crippen LogP contribution < -0.4 is 0 Å². The van der Waals surface area contributed by atoms with Crippen LogP contribution >= 0.6 is 11.3 Å². The third-order valence-electron chi connectivity index (χ3n) is 9.75. The first-order valence-electron chi connectivity index (χ1n) is 18.2. The van der Waals surface area contributed by atoms with E-state index in [0.29, 0.717) is 23.3 Å². The van der Waals surface area contributed by atoms with Crippen molar-refractivity contribution in [2.24, 2.45) is 0 Å². The lowest BCUT2D eigenvalue weighted by Crippen LogP contribution is -2.00. The Hall–Kier alpha value is -7.15. The molecule has 0 unspecified atom stereocenters. The van der Waals surface area contributed by atoms with Gasteiger partial charge in [0, 0.05) is 53.6 Å². The Balaban J connectivity index is 1.08. The average molecular weight is 722 g/mol. The lowest BCUT2D eigenvalue weighted by molar-refractivity contribution is 1.07. The Morgan fingerprint density at radius 1 is 0.291 bits per heavy atom. The van der Waals surface area contributed by atoms with Crippen LogP contribution in [0.15, 0.2) is 188 Å². The molecule has 0 radical (unpaired) electrons. The number of nitrogens with zero attached hydrogens (tertiary/aromatic N) is 5. The second kappa shape index (κ2) is 14.0. The molecule has 55 heavy (non-hydrogen) atoms. The Morgan fingerprint density at radius 2 is 0.745 bits per heavy atom. The molecule has 0 saturated heterocycles. The van der Waals surface area contributed by atoms with Gasteiger partial charge in [0.15, 0.2) is 23.3 Å². The topological polar surface area (TPSA) is 64.5 Å². The number of aromatic nitrogens is 5. The maximum Gasteiger partial charge on any atom is 0.164 e. The molecular formula is C49H31N5S. The number of thiophene rings is 1. The zero-order chi connectivity index (χ0) is 36.6. The number of hydrogen-bond acceptors (Lipinski definition) is 6. The standard InChI is InChI=1S/C49H31N5S/c1-4-15-32(16-5-1)42-31-43(51-49(50-42)41-27-14-26-40-39-25-10-11-28-44(39)55-45(40)41)37-23-12-21-35(29-37)36-22-13-24-38(30-36)48-53-46(33-17-6-2-7-18-33)52-47(54-48)34-19-8-3-9-20-34/h1-31H. The molecule has 0 atom stereocenters. The first-order valence-corrected chi connectivity index (χ1v) is 19.0. The van der Waals surface area contributed by atoms with Crippen LogP contribution in [0.3, 0.4) is 0 Å². The van der Waals surface area contributed by atoms with Crippen molar-refractivity contribution in [3.63, 3.8) is 0 Å². The number of rotatable bonds is 7. The molecule has 0 aliphatic rings. The van der Waals surface area contributed by atoms with E-state index in [-0.39, 0.29) is 0 Å². The second-order valence-corrected chi connectivity index (χ2v) is 14.4. The Bertz CT molecular complexity index is 2920. The van der Waals surface area contributed by atoms with E-state index in [0.717, 1.165) is 55.9 Å². The number of benzene rings is 7. The quantitative estimate of drug-likeness (QED) is 0.164. The Kier molecular flexibility index (Phi) is 8.28. The van der Waals surface area contributed by atoms with E-state index in [2.05, 4.69) is 121 Å². The maximum atomic E-state index is 5.27. The largest absolute Gasteiger partial charge is 0.228 e. The van der Waals surface area contributed by atoms with Gasteiger partial charge in [0.1, 0.15) is 0 Å². The fourth-order valence-electron chi connectivity index (χ4n) is 7.03. The molecule has 0 bridgehead atoms. The zero-order valence-corrected chi connectivity index (χ0v) is 30.4. The first-order chi connectivity index (χ1) is 27.2. The van der Waals surface area contributed by atoms with Crippen LogP contribution in [0.2, 0.25) is 0 Å². The van der Waals surface area contributed by atoms with Gasteiger partial charge in [-0.1, -0.05) is 158 Å². The summed E-state index contributed by atoms with van der Waals surface area (Å²) in [6.07, 6.45) is 0. The van der Waals surface area contributed by atoms with E-state index in [1.54, 1.807) is 11.3 Å². The van der Waals surface area contributed by atoms with Gasteiger partial charge < -0.3 is 0 Å². The van der Waals surface area contributed by atoms with E-state index in [1.165, 1.54) is 20.2 Å². The van der Waals surface area contributed by atoms with E-state index >= 15 is 0 Å². The third-order valence-corrected chi connectivity index (χ3v) is 11.0. The van der Waals surface area contributed by atoms with Crippen LogP contribution in [-0.4, -0.2) is 24.9 Å². The summed E-state index contributed by atoms with van der Waals surface area (Å²) in [5.41, 5.74) is 9.72. The SMILES string of the molecule is c1ccc(-c2cc(-c3cccc(-c4cccc(-c5nc(-c6ccccc6)nc(-c6ccccc6)n5)c4)c3)nc(-c3cccc4c3sc3ccccc34)n2)cc1. The minimum atomic E-state index is 0.620. The Labute approximate surface area is 322 Å². The summed E-state index contributed by atoms with van der Waals surface area (Å²) in [6.45, 7) is 0. The molecule has 7 aromatic carbocycles. The summed E-state index contributed by atoms with van der Waals surface area (Å²) in [4.78, 5) is 25.3. The molecule has 5 nitrogen and oxygen atoms in total. The normalized spacial score (nSPS) is 11.3. The van der Waals surface area contributed by atoms with Crippen LogP contribution in [-0.2, 0) is 0 Å². The van der Waals surface area contributed by atoms with Gasteiger partial charge in [-0.25, -0.2) is 24.9 Å². The lowest BCUT2D eigenvalue weighted by Gasteiger charge is -2.12. The fourth-order valence-corrected chi connectivity index (χ4v) is 8.24. The molecule has 0 spiro atoms. The van der Waals surface area contributed by atoms with E-state index < -0.39 is 0 Å². The van der Waals surface area contributed by atoms with Crippen molar-refractivity contribution in [1.29, 1.82) is 0 Å². The van der Waals surface area contributed by atoms with Crippen LogP contribution in [0.1, 0.15) is 0 Å². The average Bonchev–Trinajstić information content (AvgIpc) is 3.66. The van der Waals surface area contributed by atoms with Gasteiger partial charge in [-0.3, -0.25) is 0 Å². The lowest BCUT2D eigenvalue weighted by atomic mass is 9.99. The highest BCUT2D eigenvalue weighted by atomic mass is 32.1. The second-order valence-electron chi connectivity index (χ2n) is 13.3. The molecule has 10 rings (SSSR count). The molecule has 3 aromatic heterocycles. The molecule has 0 aliphatic carbocycles. The van der Waals surface area contributed by atoms with Gasteiger partial charge in [0.2, 0.25) is 0 Å². The molecule has 258 valence electrons. The smallest absolute Gasteiger partial charge is 0.164 e. The van der Waals surface area contributed by atoms with Crippen molar-refractivity contribution in [1.82, 2.24) is 24.9 Å². The summed E-state index contributed by atoms with van der Waals surface area (Å²) in [6, 6.07) is 64.5. The van der Waals surface area contributed by atoms with Gasteiger partial charge in [-0.05, 0) is 41.5 Å². The van der Waals surface area contributed by atoms with Crippen LogP contribution in [0, 0.1) is 0 Å². The monoisotopic (exact) mass is 721 g/mol. The fraction of sp³-hybridized carbons (Fsp3) is 0. The van der Waals surface area contributed by atoms with Crippen molar-refractivity contribution >= 4 is 31.5 Å². The summed E-state index contributed by atoms with van der Waals surface area (Å²) in [5.74, 6) is 2.60. The molecule has 3 heterocycles. The maximum absolute atomic E-state index is 5.27. The Morgan fingerprint density at radius 3 is 1.40 bits per heavy atom. The highest BCUT2D eigenvalue weighted by molar-refractivity contribution is 7.26. The van der Waals surface area contributed by atoms with Crippen molar-refractivity contribution < 1.29 is 0 Å². The minimum Gasteiger partial charge on any atom is -0.228 e. The first kappa shape index (κ1) is 32.5. The highest BCUT2D eigenvalue weighted by Crippen LogP contribution is 2.40. The molecular weight excluding hydrogens is 691 g/mol. The van der Waals surface area contributed by atoms with Crippen LogP contribution in [0.5, 0.6) is 0 Å². The van der Waals surface area contributed by atoms with E-state index in [9.17, 15) is 0 Å².